The number of hydrogen-bond donors (Lipinski definition) is 0. The number of anilines is 2. The lowest BCUT2D eigenvalue weighted by Crippen LogP contribution is -2.44. The number of para-hydroxylation sites is 1. The molecule has 1 spiro atoms. The van der Waals surface area contributed by atoms with Gasteiger partial charge in [0.25, 0.3) is 0 Å². The lowest BCUT2D eigenvalue weighted by atomic mass is 9.52. The van der Waals surface area contributed by atoms with Crippen molar-refractivity contribution in [3.63, 3.8) is 0 Å². The minimum Gasteiger partial charge on any atom is -0.497 e. The lowest BCUT2D eigenvalue weighted by molar-refractivity contribution is 0.0642. The molecule has 0 bridgehead atoms. The molecule has 4 aliphatic rings. The summed E-state index contributed by atoms with van der Waals surface area (Å²) in [5.41, 5.74) is 13.3. The fraction of sp³-hybridized carbons (Fsp3) is 0.288. The van der Waals surface area contributed by atoms with Gasteiger partial charge in [-0.1, -0.05) is 101 Å². The number of nitrogens with zero attached hydrogens (tertiary/aromatic N) is 1. The number of ether oxygens (including phenoxy) is 5. The van der Waals surface area contributed by atoms with E-state index in [-0.39, 0.29) is 16.2 Å². The molecule has 0 saturated heterocycles. The van der Waals surface area contributed by atoms with Crippen molar-refractivity contribution >= 4 is 28.2 Å². The van der Waals surface area contributed by atoms with Gasteiger partial charge in [-0.2, -0.15) is 0 Å². The maximum atomic E-state index is 7.99. The molecule has 6 heteroatoms. The van der Waals surface area contributed by atoms with Crippen molar-refractivity contribution in [3.05, 3.63) is 167 Å². The minimum atomic E-state index is -0.985. The Balaban J connectivity index is 1.29. The molecule has 2 heterocycles. The third kappa shape index (κ3) is 6.35. The SMILES string of the molecule is COc1ccc(C2(c3ccc(OC)cc3)C=Cc3c4c(c5cc(N6CCc7ccccc76)c(-c6ccc(OC)cc6OC)cc5c3O2)-c2ccccc2C42CC(C)(C)CC(C)(C)C2)cc1. The molecule has 328 valence electrons. The lowest BCUT2D eigenvalue weighted by Gasteiger charge is -2.52. The van der Waals surface area contributed by atoms with E-state index in [1.54, 1.807) is 28.4 Å². The van der Waals surface area contributed by atoms with Crippen molar-refractivity contribution in [1.29, 1.82) is 0 Å². The van der Waals surface area contributed by atoms with E-state index < -0.39 is 5.60 Å². The summed E-state index contributed by atoms with van der Waals surface area (Å²) in [6.07, 6.45) is 8.89. The summed E-state index contributed by atoms with van der Waals surface area (Å²) >= 11 is 0. The number of rotatable bonds is 8. The van der Waals surface area contributed by atoms with Crippen LogP contribution in [0.5, 0.6) is 28.7 Å². The molecule has 0 amide bonds. The zero-order chi connectivity index (χ0) is 44.9. The van der Waals surface area contributed by atoms with Crippen molar-refractivity contribution in [3.8, 4) is 51.0 Å². The van der Waals surface area contributed by atoms with Crippen LogP contribution in [-0.4, -0.2) is 35.0 Å². The highest BCUT2D eigenvalue weighted by atomic mass is 16.5. The van der Waals surface area contributed by atoms with Gasteiger partial charge in [0.15, 0.2) is 5.60 Å². The van der Waals surface area contributed by atoms with E-state index in [0.717, 1.165) is 99.9 Å². The Morgan fingerprint density at radius 2 is 1.18 bits per heavy atom. The first kappa shape index (κ1) is 41.1. The van der Waals surface area contributed by atoms with E-state index in [1.165, 1.54) is 38.9 Å². The van der Waals surface area contributed by atoms with E-state index in [9.17, 15) is 0 Å². The van der Waals surface area contributed by atoms with Crippen molar-refractivity contribution in [2.75, 3.05) is 39.9 Å². The van der Waals surface area contributed by atoms with E-state index in [1.807, 2.05) is 36.4 Å². The topological polar surface area (TPSA) is 49.4 Å². The van der Waals surface area contributed by atoms with E-state index in [2.05, 4.69) is 136 Å². The molecule has 7 aromatic rings. The zero-order valence-electron chi connectivity index (χ0n) is 38.8. The molecule has 1 fully saturated rings. The molecule has 0 atom stereocenters. The van der Waals surface area contributed by atoms with Gasteiger partial charge in [0.05, 0.1) is 28.4 Å². The van der Waals surface area contributed by atoms with Crippen LogP contribution < -0.4 is 28.6 Å². The Morgan fingerprint density at radius 3 is 1.85 bits per heavy atom. The van der Waals surface area contributed by atoms with Crippen LogP contribution in [0.1, 0.15) is 80.3 Å². The van der Waals surface area contributed by atoms with Gasteiger partial charge in [0.1, 0.15) is 28.7 Å². The molecule has 1 saturated carbocycles. The van der Waals surface area contributed by atoms with Gasteiger partial charge < -0.3 is 28.6 Å². The molecule has 0 unspecified atom stereocenters. The molecular weight excluding hydrogens is 803 g/mol. The van der Waals surface area contributed by atoms with Gasteiger partial charge in [0.2, 0.25) is 0 Å². The number of methoxy groups -OCH3 is 4. The Morgan fingerprint density at radius 1 is 0.554 bits per heavy atom. The third-order valence-electron chi connectivity index (χ3n) is 14.8. The fourth-order valence-electron chi connectivity index (χ4n) is 12.9. The Bertz CT molecular complexity index is 2990. The van der Waals surface area contributed by atoms with Gasteiger partial charge in [0, 0.05) is 62.6 Å². The van der Waals surface area contributed by atoms with Crippen molar-refractivity contribution < 1.29 is 23.7 Å². The molecule has 11 rings (SSSR count). The molecule has 0 aromatic heterocycles. The first-order valence-corrected chi connectivity index (χ1v) is 22.9. The molecule has 6 nitrogen and oxygen atoms in total. The Hall–Kier alpha value is -6.66. The maximum Gasteiger partial charge on any atom is 0.178 e. The summed E-state index contributed by atoms with van der Waals surface area (Å²) < 4.78 is 31.3. The quantitative estimate of drug-likeness (QED) is 0.152. The average molecular weight is 860 g/mol. The molecule has 2 aliphatic carbocycles. The highest BCUT2D eigenvalue weighted by Gasteiger charge is 2.55. The first-order chi connectivity index (χ1) is 31.4. The smallest absolute Gasteiger partial charge is 0.178 e. The second-order valence-electron chi connectivity index (χ2n) is 20.1. The molecule has 65 heavy (non-hydrogen) atoms. The predicted molar refractivity (Wildman–Crippen MR) is 264 cm³/mol. The average Bonchev–Trinajstić information content (AvgIpc) is 3.86. The van der Waals surface area contributed by atoms with Gasteiger partial charge in [-0.05, 0) is 130 Å². The van der Waals surface area contributed by atoms with Crippen molar-refractivity contribution in [1.82, 2.24) is 0 Å². The van der Waals surface area contributed by atoms with Gasteiger partial charge in [-0.15, -0.1) is 0 Å². The van der Waals surface area contributed by atoms with Crippen LogP contribution in [0, 0.1) is 10.8 Å². The van der Waals surface area contributed by atoms with Crippen molar-refractivity contribution in [2.45, 2.75) is 64.4 Å². The summed E-state index contributed by atoms with van der Waals surface area (Å²) in [6, 6.07) is 45.8. The highest BCUT2D eigenvalue weighted by Crippen LogP contribution is 2.67. The van der Waals surface area contributed by atoms with Crippen LogP contribution in [0.4, 0.5) is 11.4 Å². The van der Waals surface area contributed by atoms with Crippen LogP contribution in [0.25, 0.3) is 39.1 Å². The molecular formula is C59H57NO5. The summed E-state index contributed by atoms with van der Waals surface area (Å²) in [7, 11) is 6.86. The van der Waals surface area contributed by atoms with Crippen LogP contribution in [-0.2, 0) is 17.4 Å². The standard InChI is InChI=1S/C59H57NO5/c1-56(2)34-57(3,4)36-58(35-56)49-15-11-10-14-44(49)53-47-33-51(60-30-28-37-13-9-12-16-50(37)60)46(43-26-25-42(63-7)31-52(43)64-8)32-48(47)55-45(54(53)58)27-29-59(65-55,38-17-21-40(61-5)22-18-38)39-19-23-41(62-6)24-20-39/h9-27,29,31-33H,28,30,34-36H2,1-8H3. The van der Waals surface area contributed by atoms with Gasteiger partial charge >= 0.3 is 0 Å². The summed E-state index contributed by atoms with van der Waals surface area (Å²) in [6.45, 7) is 10.8. The third-order valence-corrected chi connectivity index (χ3v) is 14.8. The summed E-state index contributed by atoms with van der Waals surface area (Å²) in [5, 5.41) is 2.24. The van der Waals surface area contributed by atoms with Gasteiger partial charge in [-0.3, -0.25) is 0 Å². The van der Waals surface area contributed by atoms with E-state index in [0.29, 0.717) is 0 Å². The van der Waals surface area contributed by atoms with Gasteiger partial charge in [-0.25, -0.2) is 0 Å². The number of benzene rings is 7. The van der Waals surface area contributed by atoms with Crippen LogP contribution in [0.3, 0.4) is 0 Å². The number of fused-ring (bicyclic) bond motifs is 11. The van der Waals surface area contributed by atoms with Crippen molar-refractivity contribution in [2.24, 2.45) is 10.8 Å². The monoisotopic (exact) mass is 859 g/mol. The Kier molecular flexibility index (Phi) is 9.45. The normalized spacial score (nSPS) is 17.8. The number of hydrogen-bond acceptors (Lipinski definition) is 6. The molecule has 0 radical (unpaired) electrons. The van der Waals surface area contributed by atoms with Crippen LogP contribution >= 0.6 is 0 Å². The maximum absolute atomic E-state index is 7.99. The van der Waals surface area contributed by atoms with Crippen LogP contribution in [0.2, 0.25) is 0 Å². The van der Waals surface area contributed by atoms with E-state index >= 15 is 0 Å². The second kappa shape index (κ2) is 14.9. The van der Waals surface area contributed by atoms with Crippen LogP contribution in [0.15, 0.2) is 133 Å². The first-order valence-electron chi connectivity index (χ1n) is 22.9. The summed E-state index contributed by atoms with van der Waals surface area (Å²) in [5.74, 6) is 3.95. The molecule has 0 N–H and O–H groups in total. The Labute approximate surface area is 383 Å². The minimum absolute atomic E-state index is 0.0900. The second-order valence-corrected chi connectivity index (χ2v) is 20.1. The molecule has 7 aromatic carbocycles. The predicted octanol–water partition coefficient (Wildman–Crippen LogP) is 14.1. The van der Waals surface area contributed by atoms with E-state index in [4.69, 9.17) is 23.7 Å². The molecule has 2 aliphatic heterocycles. The largest absolute Gasteiger partial charge is 0.497 e. The highest BCUT2D eigenvalue weighted by molar-refractivity contribution is 6.12. The summed E-state index contributed by atoms with van der Waals surface area (Å²) in [4.78, 5) is 2.52. The fourth-order valence-corrected chi connectivity index (χ4v) is 12.9. The zero-order valence-corrected chi connectivity index (χ0v) is 38.8.